The summed E-state index contributed by atoms with van der Waals surface area (Å²) in [5.41, 5.74) is 0.498. The largest absolute Gasteiger partial charge is 0.481 e. The van der Waals surface area contributed by atoms with Crippen LogP contribution in [0.25, 0.3) is 0 Å². The molecule has 5 rings (SSSR count). The van der Waals surface area contributed by atoms with E-state index in [0.717, 1.165) is 48.3 Å². The first-order chi connectivity index (χ1) is 14.9. The third kappa shape index (κ3) is 2.73. The maximum absolute atomic E-state index is 12.6. The van der Waals surface area contributed by atoms with Crippen LogP contribution in [0.1, 0.15) is 113 Å². The van der Waals surface area contributed by atoms with Gasteiger partial charge in [0.15, 0.2) is 0 Å². The van der Waals surface area contributed by atoms with Crippen molar-refractivity contribution in [3.8, 4) is 0 Å². The Morgan fingerprint density at radius 2 is 1.38 bits per heavy atom. The Balaban J connectivity index is 1.50. The lowest BCUT2D eigenvalue weighted by Crippen LogP contribution is -2.65. The smallest absolute Gasteiger partial charge is 0.309 e. The minimum atomic E-state index is -0.559. The third-order valence-electron chi connectivity index (χ3n) is 14.0. The molecule has 5 saturated carbocycles. The molecular weight excluding hydrogens is 392 g/mol. The minimum absolute atomic E-state index is 0.173. The summed E-state index contributed by atoms with van der Waals surface area (Å²) in [7, 11) is 0. The first kappa shape index (κ1) is 23.2. The van der Waals surface area contributed by atoms with E-state index in [2.05, 4.69) is 48.5 Å². The normalized spacial score (nSPS) is 59.8. The van der Waals surface area contributed by atoms with Gasteiger partial charge in [-0.1, -0.05) is 41.5 Å². The number of fused-ring (bicyclic) bond motifs is 7. The lowest BCUT2D eigenvalue weighted by molar-refractivity contribution is -0.228. The van der Waals surface area contributed by atoms with Crippen LogP contribution in [-0.2, 0) is 4.79 Å². The number of hydrogen-bond donors (Lipinski definition) is 1. The second kappa shape index (κ2) is 7.24. The second-order valence-corrected chi connectivity index (χ2v) is 14.6. The Bertz CT molecular complexity index is 775. The van der Waals surface area contributed by atoms with Crippen molar-refractivity contribution < 1.29 is 9.90 Å². The molecule has 12 unspecified atom stereocenters. The van der Waals surface area contributed by atoms with Crippen molar-refractivity contribution >= 4 is 5.97 Å². The molecule has 5 fully saturated rings. The number of carbonyl (C=O) groups is 1. The Hall–Kier alpha value is -0.530. The van der Waals surface area contributed by atoms with Crippen molar-refractivity contribution in [2.24, 2.45) is 69.0 Å². The van der Waals surface area contributed by atoms with Gasteiger partial charge in [-0.2, -0.15) is 0 Å². The monoisotopic (exact) mass is 442 g/mol. The zero-order valence-electron chi connectivity index (χ0n) is 22.0. The van der Waals surface area contributed by atoms with Gasteiger partial charge in [-0.25, -0.2) is 0 Å². The molecule has 0 heterocycles. The molecule has 0 saturated heterocycles. The molecule has 2 nitrogen and oxygen atoms in total. The molecule has 1 N–H and O–H groups in total. The van der Waals surface area contributed by atoms with Crippen molar-refractivity contribution in [1.29, 1.82) is 0 Å². The third-order valence-corrected chi connectivity index (χ3v) is 14.0. The Morgan fingerprint density at radius 3 is 2.06 bits per heavy atom. The fourth-order valence-corrected chi connectivity index (χ4v) is 11.4. The molecule has 12 atom stereocenters. The van der Waals surface area contributed by atoms with Crippen LogP contribution in [0.5, 0.6) is 0 Å². The van der Waals surface area contributed by atoms with Crippen LogP contribution in [0.2, 0.25) is 0 Å². The first-order valence-electron chi connectivity index (χ1n) is 14.1. The maximum Gasteiger partial charge on any atom is 0.309 e. The molecule has 0 amide bonds. The number of rotatable bonds is 1. The predicted molar refractivity (Wildman–Crippen MR) is 131 cm³/mol. The summed E-state index contributed by atoms with van der Waals surface area (Å²) < 4.78 is 0. The summed E-state index contributed by atoms with van der Waals surface area (Å²) in [6.07, 6.45) is 13.2. The number of hydrogen-bond acceptors (Lipinski definition) is 1. The molecule has 0 aromatic rings. The summed E-state index contributed by atoms with van der Waals surface area (Å²) in [5, 5.41) is 10.4. The minimum Gasteiger partial charge on any atom is -0.481 e. The number of carboxylic acids is 1. The highest BCUT2D eigenvalue weighted by atomic mass is 16.4. The van der Waals surface area contributed by atoms with Gasteiger partial charge < -0.3 is 5.11 Å². The van der Waals surface area contributed by atoms with Crippen molar-refractivity contribution in [2.45, 2.75) is 113 Å². The van der Waals surface area contributed by atoms with Gasteiger partial charge in [0.25, 0.3) is 0 Å². The molecule has 0 aliphatic heterocycles. The molecule has 0 spiro atoms. The predicted octanol–water partition coefficient (Wildman–Crippen LogP) is 8.05. The zero-order chi connectivity index (χ0) is 23.3. The Morgan fingerprint density at radius 1 is 0.750 bits per heavy atom. The van der Waals surface area contributed by atoms with E-state index in [4.69, 9.17) is 0 Å². The molecule has 5 aliphatic rings. The van der Waals surface area contributed by atoms with E-state index in [1.165, 1.54) is 51.4 Å². The Labute approximate surface area is 197 Å². The van der Waals surface area contributed by atoms with Gasteiger partial charge in [-0.3, -0.25) is 4.79 Å². The van der Waals surface area contributed by atoms with Gasteiger partial charge in [-0.15, -0.1) is 0 Å². The average Bonchev–Trinajstić information content (AvgIpc) is 2.74. The van der Waals surface area contributed by atoms with E-state index in [9.17, 15) is 9.90 Å². The fourth-order valence-electron chi connectivity index (χ4n) is 11.4. The van der Waals surface area contributed by atoms with E-state index in [-0.39, 0.29) is 11.3 Å². The van der Waals surface area contributed by atoms with Crippen LogP contribution >= 0.6 is 0 Å². The quantitative estimate of drug-likeness (QED) is 0.446. The van der Waals surface area contributed by atoms with E-state index in [1.54, 1.807) is 0 Å². The van der Waals surface area contributed by atoms with Gasteiger partial charge in [0.05, 0.1) is 5.41 Å². The summed E-state index contributed by atoms with van der Waals surface area (Å²) in [4.78, 5) is 12.6. The van der Waals surface area contributed by atoms with Crippen molar-refractivity contribution in [2.75, 3.05) is 0 Å². The lowest BCUT2D eigenvalue weighted by atomic mass is 9.34. The van der Waals surface area contributed by atoms with E-state index >= 15 is 0 Å². The van der Waals surface area contributed by atoms with Gasteiger partial charge in [0.1, 0.15) is 0 Å². The van der Waals surface area contributed by atoms with Crippen LogP contribution in [0.4, 0.5) is 0 Å². The summed E-state index contributed by atoms with van der Waals surface area (Å²) in [6, 6.07) is 0. The van der Waals surface area contributed by atoms with E-state index < -0.39 is 11.4 Å². The van der Waals surface area contributed by atoms with Crippen molar-refractivity contribution in [3.05, 3.63) is 0 Å². The molecule has 5 aliphatic carbocycles. The molecule has 0 aromatic heterocycles. The molecule has 2 heteroatoms. The molecule has 0 bridgehead atoms. The summed E-state index contributed by atoms with van der Waals surface area (Å²) in [5.74, 6) is 5.35. The fraction of sp³-hybridized carbons (Fsp3) is 0.967. The Kier molecular flexibility index (Phi) is 5.25. The van der Waals surface area contributed by atoms with E-state index in [0.29, 0.717) is 16.7 Å². The van der Waals surface area contributed by atoms with Crippen LogP contribution in [0.3, 0.4) is 0 Å². The summed E-state index contributed by atoms with van der Waals surface area (Å²) in [6.45, 7) is 17.2. The maximum atomic E-state index is 12.6. The summed E-state index contributed by atoms with van der Waals surface area (Å²) >= 11 is 0. The van der Waals surface area contributed by atoms with Crippen LogP contribution in [0.15, 0.2) is 0 Å². The number of aliphatic carboxylic acids is 1. The van der Waals surface area contributed by atoms with Crippen LogP contribution in [-0.4, -0.2) is 11.1 Å². The molecule has 0 radical (unpaired) electrons. The van der Waals surface area contributed by atoms with Gasteiger partial charge in [0.2, 0.25) is 0 Å². The standard InChI is InChI=1S/C30H50O2/c1-18-10-14-27(4)15-12-21-22(25(27)20(18)3)13-17-28(5)23(21)8-9-24-29(28,6)16-11-19(2)30(24,7)26(31)32/h18-25H,8-17H2,1-7H3,(H,31,32). The highest BCUT2D eigenvalue weighted by Gasteiger charge is 2.68. The first-order valence-corrected chi connectivity index (χ1v) is 14.1. The van der Waals surface area contributed by atoms with Gasteiger partial charge in [-0.05, 0) is 135 Å². The second-order valence-electron chi connectivity index (χ2n) is 14.6. The van der Waals surface area contributed by atoms with Crippen LogP contribution in [0, 0.1) is 69.0 Å². The molecule has 32 heavy (non-hydrogen) atoms. The topological polar surface area (TPSA) is 37.3 Å². The SMILES string of the molecule is CC1CCC2(C)CCC3C(CCC4(C)C3CCC3C(C)(C(=O)O)C(C)CCC34C)C2C1C. The van der Waals surface area contributed by atoms with Gasteiger partial charge in [0, 0.05) is 0 Å². The van der Waals surface area contributed by atoms with Gasteiger partial charge >= 0.3 is 5.97 Å². The molecular formula is C30H50O2. The molecule has 0 aromatic carbocycles. The van der Waals surface area contributed by atoms with E-state index in [1.807, 2.05) is 0 Å². The van der Waals surface area contributed by atoms with Crippen molar-refractivity contribution in [1.82, 2.24) is 0 Å². The highest BCUT2D eigenvalue weighted by Crippen LogP contribution is 2.74. The zero-order valence-corrected chi connectivity index (χ0v) is 22.0. The van der Waals surface area contributed by atoms with Crippen molar-refractivity contribution in [3.63, 3.8) is 0 Å². The lowest BCUT2D eigenvalue weighted by Gasteiger charge is -2.70. The average molecular weight is 443 g/mol. The number of carboxylic acid groups (broad SMARTS) is 1. The van der Waals surface area contributed by atoms with Crippen LogP contribution < -0.4 is 0 Å². The molecule has 182 valence electrons. The highest BCUT2D eigenvalue weighted by molar-refractivity contribution is 5.75.